The molecule has 0 saturated heterocycles. The highest BCUT2D eigenvalue weighted by Gasteiger charge is 2.11. The largest absolute Gasteiger partial charge is 0.352 e. The summed E-state index contributed by atoms with van der Waals surface area (Å²) in [4.78, 5) is 11.8. The molecule has 110 valence electrons. The van der Waals surface area contributed by atoms with E-state index in [0.717, 1.165) is 11.6 Å². The monoisotopic (exact) mass is 293 g/mol. The van der Waals surface area contributed by atoms with Crippen molar-refractivity contribution in [1.82, 2.24) is 5.32 Å². The molecular weight excluding hydrogens is 279 g/mol. The van der Waals surface area contributed by atoms with Crippen LogP contribution in [-0.4, -0.2) is 12.5 Å². The van der Waals surface area contributed by atoms with Crippen LogP contribution in [0.1, 0.15) is 21.5 Å². The van der Waals surface area contributed by atoms with E-state index in [1.54, 1.807) is 13.0 Å². The van der Waals surface area contributed by atoms with Crippen molar-refractivity contribution >= 4 is 5.91 Å². The van der Waals surface area contributed by atoms with E-state index >= 15 is 0 Å². The van der Waals surface area contributed by atoms with Gasteiger partial charge in [-0.05, 0) is 48.7 Å². The first kappa shape index (κ1) is 15.1. The van der Waals surface area contributed by atoms with Crippen LogP contribution in [0.4, 0.5) is 13.2 Å². The van der Waals surface area contributed by atoms with Crippen molar-refractivity contribution < 1.29 is 18.0 Å². The first-order valence-corrected chi connectivity index (χ1v) is 6.45. The van der Waals surface area contributed by atoms with E-state index in [-0.39, 0.29) is 18.5 Å². The normalized spacial score (nSPS) is 10.5. The number of hydrogen-bond donors (Lipinski definition) is 1. The summed E-state index contributed by atoms with van der Waals surface area (Å²) in [7, 11) is 0. The summed E-state index contributed by atoms with van der Waals surface area (Å²) in [5.74, 6) is -2.48. The topological polar surface area (TPSA) is 29.1 Å². The minimum atomic E-state index is -0.666. The minimum Gasteiger partial charge on any atom is -0.352 e. The molecule has 0 fully saturated rings. The van der Waals surface area contributed by atoms with Gasteiger partial charge < -0.3 is 5.32 Å². The van der Waals surface area contributed by atoms with E-state index in [1.807, 2.05) is 0 Å². The third-order valence-electron chi connectivity index (χ3n) is 2.99. The van der Waals surface area contributed by atoms with Crippen molar-refractivity contribution in [2.75, 3.05) is 6.54 Å². The Balaban J connectivity index is 1.95. The van der Waals surface area contributed by atoms with Crippen molar-refractivity contribution in [2.24, 2.45) is 0 Å². The van der Waals surface area contributed by atoms with Crippen LogP contribution in [0.25, 0.3) is 0 Å². The van der Waals surface area contributed by atoms with Crippen LogP contribution in [0.2, 0.25) is 0 Å². The Bertz CT molecular complexity index is 650. The van der Waals surface area contributed by atoms with Gasteiger partial charge in [0.25, 0.3) is 5.91 Å². The molecule has 2 aromatic carbocycles. The average Bonchev–Trinajstić information content (AvgIpc) is 2.37. The zero-order valence-electron chi connectivity index (χ0n) is 11.4. The van der Waals surface area contributed by atoms with Gasteiger partial charge in [-0.1, -0.05) is 6.07 Å². The number of halogens is 3. The second-order valence-corrected chi connectivity index (χ2v) is 4.77. The van der Waals surface area contributed by atoms with E-state index in [4.69, 9.17) is 0 Å². The lowest BCUT2D eigenvalue weighted by Crippen LogP contribution is -2.26. The van der Waals surface area contributed by atoms with Gasteiger partial charge in [-0.25, -0.2) is 13.2 Å². The summed E-state index contributed by atoms with van der Waals surface area (Å²) in [6, 6.07) is 7.49. The van der Waals surface area contributed by atoms with Crippen LogP contribution in [0, 0.1) is 24.4 Å². The lowest BCUT2D eigenvalue weighted by Gasteiger charge is -2.07. The Morgan fingerprint density at radius 2 is 1.71 bits per heavy atom. The van der Waals surface area contributed by atoms with E-state index in [1.165, 1.54) is 24.3 Å². The first-order valence-electron chi connectivity index (χ1n) is 6.45. The quantitative estimate of drug-likeness (QED) is 0.920. The molecule has 0 heterocycles. The van der Waals surface area contributed by atoms with Gasteiger partial charge in [0.1, 0.15) is 17.5 Å². The van der Waals surface area contributed by atoms with Gasteiger partial charge in [0, 0.05) is 12.6 Å². The number of carbonyl (C=O) groups is 1. The number of hydrogen-bond acceptors (Lipinski definition) is 1. The zero-order chi connectivity index (χ0) is 15.4. The van der Waals surface area contributed by atoms with Crippen molar-refractivity contribution in [1.29, 1.82) is 0 Å². The Labute approximate surface area is 120 Å². The SMILES string of the molecule is Cc1ccc(C(=O)NCCc2cc(F)cc(F)c2)c(F)c1. The molecule has 21 heavy (non-hydrogen) atoms. The number of aryl methyl sites for hydroxylation is 1. The maximum Gasteiger partial charge on any atom is 0.254 e. The predicted octanol–water partition coefficient (Wildman–Crippen LogP) is 3.38. The maximum absolute atomic E-state index is 13.6. The highest BCUT2D eigenvalue weighted by Crippen LogP contribution is 2.10. The molecule has 0 bridgehead atoms. The molecule has 0 saturated carbocycles. The molecule has 5 heteroatoms. The molecule has 2 rings (SSSR count). The predicted molar refractivity (Wildman–Crippen MR) is 73.5 cm³/mol. The molecule has 2 aromatic rings. The molecule has 0 aliphatic rings. The molecule has 0 aliphatic carbocycles. The minimum absolute atomic E-state index is 0.0500. The van der Waals surface area contributed by atoms with Crippen LogP contribution in [0.3, 0.4) is 0 Å². The molecule has 0 unspecified atom stereocenters. The number of carbonyl (C=O) groups excluding carboxylic acids is 1. The van der Waals surface area contributed by atoms with Gasteiger partial charge in [-0.2, -0.15) is 0 Å². The maximum atomic E-state index is 13.6. The van der Waals surface area contributed by atoms with Crippen LogP contribution in [0.5, 0.6) is 0 Å². The summed E-state index contributed by atoms with van der Waals surface area (Å²) in [6.07, 6.45) is 0.258. The van der Waals surface area contributed by atoms with E-state index in [9.17, 15) is 18.0 Å². The van der Waals surface area contributed by atoms with Crippen molar-refractivity contribution in [3.63, 3.8) is 0 Å². The summed E-state index contributed by atoms with van der Waals surface area (Å²) < 4.78 is 39.6. The third-order valence-corrected chi connectivity index (χ3v) is 2.99. The Kier molecular flexibility index (Phi) is 4.62. The third kappa shape index (κ3) is 4.08. The van der Waals surface area contributed by atoms with Crippen LogP contribution in [-0.2, 0) is 6.42 Å². The number of amides is 1. The fourth-order valence-corrected chi connectivity index (χ4v) is 1.98. The molecule has 0 atom stereocenters. The van der Waals surface area contributed by atoms with Crippen molar-refractivity contribution in [2.45, 2.75) is 13.3 Å². The van der Waals surface area contributed by atoms with Gasteiger partial charge in [0.2, 0.25) is 0 Å². The first-order chi connectivity index (χ1) is 9.95. The van der Waals surface area contributed by atoms with Gasteiger partial charge >= 0.3 is 0 Å². The van der Waals surface area contributed by atoms with E-state index in [2.05, 4.69) is 5.32 Å². The Hall–Kier alpha value is -2.30. The molecular formula is C16H14F3NO. The summed E-state index contributed by atoms with van der Waals surface area (Å²) >= 11 is 0. The summed E-state index contributed by atoms with van der Waals surface area (Å²) in [5.41, 5.74) is 1.10. The fraction of sp³-hybridized carbons (Fsp3) is 0.188. The number of benzene rings is 2. The lowest BCUT2D eigenvalue weighted by molar-refractivity contribution is 0.0950. The molecule has 0 radical (unpaired) electrons. The molecule has 0 aliphatic heterocycles. The van der Waals surface area contributed by atoms with Gasteiger partial charge in [0.05, 0.1) is 5.56 Å². The van der Waals surface area contributed by atoms with Crippen LogP contribution < -0.4 is 5.32 Å². The Morgan fingerprint density at radius 3 is 2.33 bits per heavy atom. The average molecular weight is 293 g/mol. The standard InChI is InChI=1S/C16H14F3NO/c1-10-2-3-14(15(19)6-10)16(21)20-5-4-11-7-12(17)9-13(18)8-11/h2-3,6-9H,4-5H2,1H3,(H,20,21). The lowest BCUT2D eigenvalue weighted by atomic mass is 10.1. The molecule has 1 amide bonds. The Morgan fingerprint density at radius 1 is 1.05 bits per heavy atom. The highest BCUT2D eigenvalue weighted by atomic mass is 19.1. The molecule has 1 N–H and O–H groups in total. The second-order valence-electron chi connectivity index (χ2n) is 4.77. The summed E-state index contributed by atoms with van der Waals surface area (Å²) in [5, 5.41) is 2.52. The van der Waals surface area contributed by atoms with Crippen molar-refractivity contribution in [3.05, 3.63) is 70.5 Å². The van der Waals surface area contributed by atoms with E-state index < -0.39 is 23.4 Å². The van der Waals surface area contributed by atoms with Crippen molar-refractivity contribution in [3.8, 4) is 0 Å². The highest BCUT2D eigenvalue weighted by molar-refractivity contribution is 5.94. The van der Waals surface area contributed by atoms with Gasteiger partial charge in [0.15, 0.2) is 0 Å². The number of rotatable bonds is 4. The molecule has 2 nitrogen and oxygen atoms in total. The molecule has 0 aromatic heterocycles. The van der Waals surface area contributed by atoms with Crippen LogP contribution in [0.15, 0.2) is 36.4 Å². The second kappa shape index (κ2) is 6.43. The van der Waals surface area contributed by atoms with E-state index in [0.29, 0.717) is 5.56 Å². The van der Waals surface area contributed by atoms with Gasteiger partial charge in [-0.3, -0.25) is 4.79 Å². The fourth-order valence-electron chi connectivity index (χ4n) is 1.98. The molecule has 0 spiro atoms. The van der Waals surface area contributed by atoms with Crippen LogP contribution >= 0.6 is 0 Å². The smallest absolute Gasteiger partial charge is 0.254 e. The number of nitrogens with one attached hydrogen (secondary N) is 1. The summed E-state index contributed by atoms with van der Waals surface area (Å²) in [6.45, 7) is 1.89. The zero-order valence-corrected chi connectivity index (χ0v) is 11.4. The van der Waals surface area contributed by atoms with Gasteiger partial charge in [-0.15, -0.1) is 0 Å².